The first-order valence-electron chi connectivity index (χ1n) is 6.61. The summed E-state index contributed by atoms with van der Waals surface area (Å²) in [5, 5.41) is 2.90. The van der Waals surface area contributed by atoms with Gasteiger partial charge in [0.05, 0.1) is 18.4 Å². The van der Waals surface area contributed by atoms with Crippen LogP contribution in [0.15, 0.2) is 18.3 Å². The Kier molecular flexibility index (Phi) is 4.66. The molecule has 1 amide bonds. The van der Waals surface area contributed by atoms with Crippen molar-refractivity contribution in [2.75, 3.05) is 45.1 Å². The molecule has 0 radical (unpaired) electrons. The molecule has 0 aromatic carbocycles. The third-order valence-corrected chi connectivity index (χ3v) is 3.33. The van der Waals surface area contributed by atoms with E-state index >= 15 is 0 Å². The molecule has 2 rings (SSSR count). The Morgan fingerprint density at radius 2 is 1.95 bits per heavy atom. The van der Waals surface area contributed by atoms with Gasteiger partial charge in [-0.25, -0.2) is 4.98 Å². The molecule has 1 saturated heterocycles. The van der Waals surface area contributed by atoms with Crippen molar-refractivity contribution in [2.24, 2.45) is 0 Å². The van der Waals surface area contributed by atoms with Crippen LogP contribution < -0.4 is 5.32 Å². The largest absolute Gasteiger partial charge is 0.401 e. The molecule has 1 N–H and O–H groups in total. The molecule has 5 nitrogen and oxygen atoms in total. The van der Waals surface area contributed by atoms with Gasteiger partial charge in [0.1, 0.15) is 5.69 Å². The molecule has 1 aromatic heterocycles. The Morgan fingerprint density at radius 1 is 1.29 bits per heavy atom. The molecule has 0 spiro atoms. The number of nitrogens with one attached hydrogen (secondary N) is 1. The number of nitrogens with zero attached hydrogens (tertiary/aromatic N) is 3. The number of pyridine rings is 1. The first-order chi connectivity index (χ1) is 9.89. The van der Waals surface area contributed by atoms with E-state index in [-0.39, 0.29) is 32.1 Å². The SMILES string of the molecule is CNc1ccc(C(=O)N2CCN(CC(F)(F)F)CC2)nc1. The van der Waals surface area contributed by atoms with Crippen LogP contribution in [0.2, 0.25) is 0 Å². The minimum Gasteiger partial charge on any atom is -0.387 e. The number of carbonyl (C=O) groups excluding carboxylic acids is 1. The summed E-state index contributed by atoms with van der Waals surface area (Å²) in [5.74, 6) is -0.246. The average molecular weight is 302 g/mol. The van der Waals surface area contributed by atoms with Gasteiger partial charge in [-0.2, -0.15) is 13.2 Å². The van der Waals surface area contributed by atoms with Gasteiger partial charge in [-0.15, -0.1) is 0 Å². The van der Waals surface area contributed by atoms with Gasteiger partial charge in [-0.05, 0) is 12.1 Å². The molecule has 2 heterocycles. The minimum absolute atomic E-state index is 0.222. The Balaban J connectivity index is 1.90. The fourth-order valence-electron chi connectivity index (χ4n) is 2.19. The lowest BCUT2D eigenvalue weighted by atomic mass is 10.2. The van der Waals surface area contributed by atoms with Crippen LogP contribution in [-0.2, 0) is 0 Å². The maximum Gasteiger partial charge on any atom is 0.401 e. The van der Waals surface area contributed by atoms with E-state index in [9.17, 15) is 18.0 Å². The highest BCUT2D eigenvalue weighted by atomic mass is 19.4. The Hall–Kier alpha value is -1.83. The maximum absolute atomic E-state index is 12.3. The molecule has 1 aliphatic heterocycles. The fourth-order valence-corrected chi connectivity index (χ4v) is 2.19. The van der Waals surface area contributed by atoms with Gasteiger partial charge in [-0.3, -0.25) is 9.69 Å². The molecule has 0 atom stereocenters. The van der Waals surface area contributed by atoms with Crippen LogP contribution in [0.4, 0.5) is 18.9 Å². The quantitative estimate of drug-likeness (QED) is 0.918. The minimum atomic E-state index is -4.20. The second-order valence-corrected chi connectivity index (χ2v) is 4.87. The molecule has 0 aliphatic carbocycles. The summed E-state index contributed by atoms with van der Waals surface area (Å²) in [6, 6.07) is 3.34. The first kappa shape index (κ1) is 15.6. The van der Waals surface area contributed by atoms with Gasteiger partial charge in [0.25, 0.3) is 5.91 Å². The second kappa shape index (κ2) is 6.30. The Morgan fingerprint density at radius 3 is 2.43 bits per heavy atom. The number of piperazine rings is 1. The van der Waals surface area contributed by atoms with E-state index in [1.54, 1.807) is 25.4 Å². The van der Waals surface area contributed by atoms with E-state index < -0.39 is 12.7 Å². The lowest BCUT2D eigenvalue weighted by Gasteiger charge is -2.34. The summed E-state index contributed by atoms with van der Waals surface area (Å²) in [4.78, 5) is 19.1. The van der Waals surface area contributed by atoms with Crippen LogP contribution in [0, 0.1) is 0 Å². The highest BCUT2D eigenvalue weighted by Gasteiger charge is 2.33. The van der Waals surface area contributed by atoms with E-state index in [1.165, 1.54) is 9.80 Å². The van der Waals surface area contributed by atoms with Crippen molar-refractivity contribution in [3.63, 3.8) is 0 Å². The fraction of sp³-hybridized carbons (Fsp3) is 0.538. The predicted octanol–water partition coefficient (Wildman–Crippen LogP) is 1.44. The number of rotatable bonds is 3. The summed E-state index contributed by atoms with van der Waals surface area (Å²) >= 11 is 0. The van der Waals surface area contributed by atoms with E-state index in [1.807, 2.05) is 0 Å². The molecule has 1 aromatic rings. The van der Waals surface area contributed by atoms with Crippen molar-refractivity contribution in [2.45, 2.75) is 6.18 Å². The summed E-state index contributed by atoms with van der Waals surface area (Å²) in [7, 11) is 1.75. The first-order valence-corrected chi connectivity index (χ1v) is 6.61. The van der Waals surface area contributed by atoms with Gasteiger partial charge in [0, 0.05) is 33.2 Å². The number of carbonyl (C=O) groups is 1. The number of hydrogen-bond donors (Lipinski definition) is 1. The lowest BCUT2D eigenvalue weighted by Crippen LogP contribution is -2.51. The number of hydrogen-bond acceptors (Lipinski definition) is 4. The number of aromatic nitrogens is 1. The van der Waals surface area contributed by atoms with Gasteiger partial charge in [0.15, 0.2) is 0 Å². The molecule has 0 saturated carbocycles. The van der Waals surface area contributed by atoms with Crippen LogP contribution in [0.3, 0.4) is 0 Å². The zero-order valence-corrected chi connectivity index (χ0v) is 11.7. The monoisotopic (exact) mass is 302 g/mol. The smallest absolute Gasteiger partial charge is 0.387 e. The molecule has 1 aliphatic rings. The van der Waals surface area contributed by atoms with Gasteiger partial charge >= 0.3 is 6.18 Å². The lowest BCUT2D eigenvalue weighted by molar-refractivity contribution is -0.148. The molecular weight excluding hydrogens is 285 g/mol. The zero-order valence-electron chi connectivity index (χ0n) is 11.7. The predicted molar refractivity (Wildman–Crippen MR) is 72.2 cm³/mol. The van der Waals surface area contributed by atoms with Crippen LogP contribution >= 0.6 is 0 Å². The van der Waals surface area contributed by atoms with Gasteiger partial charge < -0.3 is 10.2 Å². The molecule has 8 heteroatoms. The van der Waals surface area contributed by atoms with Crippen molar-refractivity contribution in [1.82, 2.24) is 14.8 Å². The second-order valence-electron chi connectivity index (χ2n) is 4.87. The van der Waals surface area contributed by atoms with Crippen molar-refractivity contribution in [3.8, 4) is 0 Å². The van der Waals surface area contributed by atoms with Crippen LogP contribution in [-0.4, -0.2) is 66.6 Å². The van der Waals surface area contributed by atoms with Crippen molar-refractivity contribution < 1.29 is 18.0 Å². The molecule has 1 fully saturated rings. The van der Waals surface area contributed by atoms with E-state index in [0.29, 0.717) is 5.69 Å². The molecule has 21 heavy (non-hydrogen) atoms. The standard InChI is InChI=1S/C13H17F3N4O/c1-17-10-2-3-11(18-8-10)12(21)20-6-4-19(5-7-20)9-13(14,15)16/h2-3,8,17H,4-7,9H2,1H3. The van der Waals surface area contributed by atoms with Gasteiger partial charge in [0.2, 0.25) is 0 Å². The molecule has 0 bridgehead atoms. The van der Waals surface area contributed by atoms with Crippen LogP contribution in [0.5, 0.6) is 0 Å². The van der Waals surface area contributed by atoms with E-state index in [2.05, 4.69) is 10.3 Å². The van der Waals surface area contributed by atoms with E-state index in [4.69, 9.17) is 0 Å². The van der Waals surface area contributed by atoms with E-state index in [0.717, 1.165) is 5.69 Å². The van der Waals surface area contributed by atoms with Crippen LogP contribution in [0.25, 0.3) is 0 Å². The summed E-state index contributed by atoms with van der Waals surface area (Å²) in [5.41, 5.74) is 1.10. The zero-order chi connectivity index (χ0) is 15.5. The normalized spacial score (nSPS) is 16.9. The van der Waals surface area contributed by atoms with Crippen molar-refractivity contribution in [1.29, 1.82) is 0 Å². The number of anilines is 1. The Bertz CT molecular complexity index is 481. The summed E-state index contributed by atoms with van der Waals surface area (Å²) in [6.07, 6.45) is -2.65. The maximum atomic E-state index is 12.3. The number of alkyl halides is 3. The molecule has 116 valence electrons. The van der Waals surface area contributed by atoms with Gasteiger partial charge in [-0.1, -0.05) is 0 Å². The topological polar surface area (TPSA) is 48.5 Å². The Labute approximate surface area is 120 Å². The summed E-state index contributed by atoms with van der Waals surface area (Å²) in [6.45, 7) is 0.0819. The highest BCUT2D eigenvalue weighted by molar-refractivity contribution is 5.92. The summed E-state index contributed by atoms with van der Waals surface area (Å²) < 4.78 is 36.9. The van der Waals surface area contributed by atoms with Crippen molar-refractivity contribution >= 4 is 11.6 Å². The highest BCUT2D eigenvalue weighted by Crippen LogP contribution is 2.18. The average Bonchev–Trinajstić information content (AvgIpc) is 2.46. The third kappa shape index (κ3) is 4.32. The third-order valence-electron chi connectivity index (χ3n) is 3.33. The van der Waals surface area contributed by atoms with Crippen molar-refractivity contribution in [3.05, 3.63) is 24.0 Å². The molecule has 0 unspecified atom stereocenters. The molecular formula is C13H17F3N4O. The number of halogens is 3. The van der Waals surface area contributed by atoms with Crippen LogP contribution in [0.1, 0.15) is 10.5 Å². The number of amides is 1.